The van der Waals surface area contributed by atoms with Crippen molar-refractivity contribution >= 4 is 41.1 Å². The van der Waals surface area contributed by atoms with Gasteiger partial charge in [-0.1, -0.05) is 0 Å². The predicted octanol–water partition coefficient (Wildman–Crippen LogP) is -5.08. The van der Waals surface area contributed by atoms with Gasteiger partial charge >= 0.3 is 19.5 Å². The number of hydrogen-bond donors (Lipinski definition) is 2. The number of carboxylic acids is 3. The summed E-state index contributed by atoms with van der Waals surface area (Å²) in [5.41, 5.74) is 4.69. The summed E-state index contributed by atoms with van der Waals surface area (Å²) in [5, 5.41) is 34.0. The molecule has 0 spiro atoms. The van der Waals surface area contributed by atoms with Crippen LogP contribution in [0.1, 0.15) is 27.7 Å². The number of carbonyl (C=O) groups excluding carboxylic acids is 6. The largest absolute Gasteiger partial charge is 3.00 e. The van der Waals surface area contributed by atoms with Crippen LogP contribution in [0.4, 0.5) is 0 Å². The average Bonchev–Trinajstić information content (AvgIpc) is 2.29. The van der Waals surface area contributed by atoms with Gasteiger partial charge in [-0.05, 0) is 6.92 Å². The van der Waals surface area contributed by atoms with Crippen molar-refractivity contribution in [2.24, 2.45) is 5.73 Å². The topological polar surface area (TPSA) is 221 Å². The summed E-state index contributed by atoms with van der Waals surface area (Å²) in [6.45, 7) is 4.35. The summed E-state index contributed by atoms with van der Waals surface area (Å²) in [7, 11) is 0. The van der Waals surface area contributed by atoms with Crippen LogP contribution in [0.2, 0.25) is 0 Å². The standard InChI is InChI=1S/3C3H4O3.C2H6N2.Rh/c3*1-2(4)3(5)6;1-2(3)4;/h3*1H3,(H,5,6);1H3,(H3,3,4);/q;;;;+3/p-3. The van der Waals surface area contributed by atoms with Gasteiger partial charge in [0, 0.05) is 20.8 Å². The zero-order chi connectivity index (χ0) is 19.0. The number of ketones is 3. The van der Waals surface area contributed by atoms with Crippen LogP contribution < -0.4 is 21.1 Å². The van der Waals surface area contributed by atoms with E-state index in [0.717, 1.165) is 20.8 Å². The van der Waals surface area contributed by atoms with Gasteiger partial charge in [-0.2, -0.15) is 0 Å². The fourth-order valence-electron chi connectivity index (χ4n) is 0. The molecule has 12 heteroatoms. The van der Waals surface area contributed by atoms with Crippen LogP contribution in [0.3, 0.4) is 0 Å². The van der Waals surface area contributed by atoms with Gasteiger partial charge in [-0.15, -0.1) is 0 Å². The molecule has 0 aliphatic carbocycles. The Balaban J connectivity index is -0.0000000624. The first kappa shape index (κ1) is 32.5. The van der Waals surface area contributed by atoms with E-state index < -0.39 is 35.3 Å². The zero-order valence-electron chi connectivity index (χ0n) is 12.6. The first-order chi connectivity index (χ1) is 9.66. The molecular weight excluding hydrogens is 407 g/mol. The van der Waals surface area contributed by atoms with Crippen molar-refractivity contribution in [2.75, 3.05) is 0 Å². The number of amidine groups is 1. The van der Waals surface area contributed by atoms with E-state index in [0.29, 0.717) is 0 Å². The number of carboxylic acid groups (broad SMARTS) is 3. The molecule has 0 aliphatic rings. The monoisotopic (exact) mass is 422 g/mol. The molecule has 0 aromatic rings. The summed E-state index contributed by atoms with van der Waals surface area (Å²) in [6, 6.07) is 0. The van der Waals surface area contributed by atoms with Crippen LogP contribution in [0.15, 0.2) is 0 Å². The van der Waals surface area contributed by atoms with Gasteiger partial charge in [0.25, 0.3) is 0 Å². The maximum absolute atomic E-state index is 9.48. The summed E-state index contributed by atoms with van der Waals surface area (Å²) in [4.78, 5) is 56.2. The Morgan fingerprint density at radius 3 is 0.696 bits per heavy atom. The number of hydrogen-bond acceptors (Lipinski definition) is 10. The molecule has 0 fully saturated rings. The SMILES string of the molecule is CC(=N)N.CC(=O)C(=O)[O-].CC(=O)C(=O)[O-].CC(=O)C(=O)[O-].[Rh+3]. The molecule has 132 valence electrons. The van der Waals surface area contributed by atoms with Crippen LogP contribution in [0.5, 0.6) is 0 Å². The van der Waals surface area contributed by atoms with Crippen LogP contribution in [0, 0.1) is 5.41 Å². The quantitative estimate of drug-likeness (QED) is 0.190. The number of Topliss-reactive ketones (excluding diaryl/α,β-unsaturated/α-hetero) is 3. The minimum Gasteiger partial charge on any atom is -0.542 e. The van der Waals surface area contributed by atoms with E-state index >= 15 is 0 Å². The Labute approximate surface area is 144 Å². The third-order valence-corrected chi connectivity index (χ3v) is 0.862. The van der Waals surface area contributed by atoms with Gasteiger partial charge in [-0.3, -0.25) is 19.8 Å². The molecule has 11 nitrogen and oxygen atoms in total. The summed E-state index contributed by atoms with van der Waals surface area (Å²) in [6.07, 6.45) is 0. The minimum absolute atomic E-state index is 0. The van der Waals surface area contributed by atoms with Gasteiger partial charge in [-0.25, -0.2) is 0 Å². The van der Waals surface area contributed by atoms with E-state index in [4.69, 9.17) is 11.1 Å². The molecule has 23 heavy (non-hydrogen) atoms. The second kappa shape index (κ2) is 19.5. The van der Waals surface area contributed by atoms with E-state index in [9.17, 15) is 44.1 Å². The summed E-state index contributed by atoms with van der Waals surface area (Å²) < 4.78 is 0. The van der Waals surface area contributed by atoms with Gasteiger partial charge in [0.05, 0.1) is 5.84 Å². The van der Waals surface area contributed by atoms with Crippen molar-refractivity contribution in [3.63, 3.8) is 0 Å². The Bertz CT molecular complexity index is 363. The van der Waals surface area contributed by atoms with Crippen molar-refractivity contribution in [2.45, 2.75) is 27.7 Å². The first-order valence-corrected chi connectivity index (χ1v) is 5.13. The number of nitrogens with two attached hydrogens (primary N) is 1. The van der Waals surface area contributed by atoms with Gasteiger partial charge in [0.2, 0.25) is 0 Å². The fourth-order valence-corrected chi connectivity index (χ4v) is 0. The molecule has 0 bridgehead atoms. The van der Waals surface area contributed by atoms with Crippen molar-refractivity contribution in [1.82, 2.24) is 0 Å². The van der Waals surface area contributed by atoms with E-state index in [1.165, 1.54) is 6.92 Å². The average molecular weight is 422 g/mol. The van der Waals surface area contributed by atoms with Gasteiger partial charge < -0.3 is 35.4 Å². The molecule has 0 atom stereocenters. The predicted molar refractivity (Wildman–Crippen MR) is 64.7 cm³/mol. The molecule has 0 aliphatic heterocycles. The second-order valence-corrected chi connectivity index (χ2v) is 3.21. The number of carbonyl (C=O) groups is 6. The van der Waals surface area contributed by atoms with Crippen molar-refractivity contribution in [3.8, 4) is 0 Å². The third-order valence-electron chi connectivity index (χ3n) is 0.862. The molecule has 0 unspecified atom stereocenters. The summed E-state index contributed by atoms with van der Waals surface area (Å²) in [5.74, 6) is -7.53. The molecular formula is C11H15N2O9Rh. The Morgan fingerprint density at radius 1 is 0.652 bits per heavy atom. The van der Waals surface area contributed by atoms with Crippen LogP contribution in [0.25, 0.3) is 0 Å². The van der Waals surface area contributed by atoms with Crippen molar-refractivity contribution in [1.29, 1.82) is 5.41 Å². The first-order valence-electron chi connectivity index (χ1n) is 5.13. The Morgan fingerprint density at radius 2 is 0.696 bits per heavy atom. The molecule has 3 N–H and O–H groups in total. The fraction of sp³-hybridized carbons (Fsp3) is 0.364. The normalized spacial score (nSPS) is 6.96. The molecule has 0 aromatic carbocycles. The molecule has 0 rings (SSSR count). The Hall–Kier alpha value is -2.49. The number of rotatable bonds is 3. The van der Waals surface area contributed by atoms with Gasteiger partial charge in [0.1, 0.15) is 17.9 Å². The van der Waals surface area contributed by atoms with E-state index in [1.807, 2.05) is 0 Å². The molecule has 0 radical (unpaired) electrons. The zero-order valence-corrected chi connectivity index (χ0v) is 14.2. The summed E-state index contributed by atoms with van der Waals surface area (Å²) >= 11 is 0. The molecule has 0 heterocycles. The van der Waals surface area contributed by atoms with Crippen LogP contribution in [-0.4, -0.2) is 41.1 Å². The van der Waals surface area contributed by atoms with E-state index in [1.54, 1.807) is 0 Å². The molecule has 0 saturated heterocycles. The number of nitrogens with one attached hydrogen (secondary N) is 1. The number of aliphatic carboxylic acids is 3. The maximum atomic E-state index is 9.48. The smallest absolute Gasteiger partial charge is 0.542 e. The van der Waals surface area contributed by atoms with Gasteiger partial charge in [0.15, 0.2) is 17.3 Å². The van der Waals surface area contributed by atoms with Crippen molar-refractivity contribution in [3.05, 3.63) is 0 Å². The second-order valence-electron chi connectivity index (χ2n) is 3.21. The van der Waals surface area contributed by atoms with Crippen LogP contribution >= 0.6 is 0 Å². The molecule has 0 amide bonds. The maximum Gasteiger partial charge on any atom is 3.00 e. The van der Waals surface area contributed by atoms with Crippen LogP contribution in [-0.2, 0) is 48.2 Å². The van der Waals surface area contributed by atoms with Crippen molar-refractivity contribution < 1.29 is 63.6 Å². The molecule has 0 saturated carbocycles. The van der Waals surface area contributed by atoms with E-state index in [2.05, 4.69) is 0 Å². The minimum atomic E-state index is -1.63. The van der Waals surface area contributed by atoms with E-state index in [-0.39, 0.29) is 25.3 Å². The molecule has 0 aromatic heterocycles. The Kier molecular flexibility index (Phi) is 27.5. The third kappa shape index (κ3) is 66.1.